The number of nitrogens with zero attached hydrogens (tertiary/aromatic N) is 5. The van der Waals surface area contributed by atoms with Crippen LogP contribution in [0.4, 0.5) is 11.5 Å². The van der Waals surface area contributed by atoms with Crippen molar-refractivity contribution < 1.29 is 8.42 Å². The van der Waals surface area contributed by atoms with Crippen molar-refractivity contribution in [3.63, 3.8) is 0 Å². The molecule has 26 heavy (non-hydrogen) atoms. The van der Waals surface area contributed by atoms with Gasteiger partial charge in [-0.1, -0.05) is 24.3 Å². The third kappa shape index (κ3) is 2.28. The van der Waals surface area contributed by atoms with Crippen LogP contribution >= 0.6 is 0 Å². The lowest BCUT2D eigenvalue weighted by molar-refractivity contribution is 0.589. The smallest absolute Gasteiger partial charge is 0.271 e. The Hall–Kier alpha value is -3.20. The molecular weight excluding hydrogens is 352 g/mol. The molecule has 9 heteroatoms. The standard InChI is InChI=1S/C17H16N6O2S/c1-22(2)13-7-3-6-12-11(13)5-4-8-14(12)26(24,25)23-10-21-15-16(18)19-9-20-17(15)23/h3-10H,1-2H3,(H2,18,19,20). The van der Waals surface area contributed by atoms with Crippen LogP contribution in [0.1, 0.15) is 0 Å². The first-order valence-electron chi connectivity index (χ1n) is 7.79. The minimum Gasteiger partial charge on any atom is -0.382 e. The fourth-order valence-corrected chi connectivity index (χ4v) is 4.44. The molecule has 0 atom stereocenters. The van der Waals surface area contributed by atoms with E-state index in [1.807, 2.05) is 37.2 Å². The number of rotatable bonds is 3. The zero-order valence-corrected chi connectivity index (χ0v) is 15.0. The molecular formula is C17H16N6O2S. The molecule has 0 amide bonds. The zero-order chi connectivity index (χ0) is 18.5. The van der Waals surface area contributed by atoms with Crippen LogP contribution in [0.2, 0.25) is 0 Å². The molecule has 0 aliphatic heterocycles. The summed E-state index contributed by atoms with van der Waals surface area (Å²) >= 11 is 0. The molecule has 0 saturated heterocycles. The van der Waals surface area contributed by atoms with Crippen LogP contribution in [0.25, 0.3) is 21.9 Å². The second-order valence-electron chi connectivity index (χ2n) is 6.00. The maximum absolute atomic E-state index is 13.3. The van der Waals surface area contributed by atoms with Crippen molar-refractivity contribution >= 4 is 43.5 Å². The number of nitrogens with two attached hydrogens (primary N) is 1. The molecule has 0 spiro atoms. The summed E-state index contributed by atoms with van der Waals surface area (Å²) in [7, 11) is -0.0869. The number of hydrogen-bond donors (Lipinski definition) is 1. The van der Waals surface area contributed by atoms with E-state index in [0.717, 1.165) is 15.0 Å². The number of imidazole rings is 1. The SMILES string of the molecule is CN(C)c1cccc2c(S(=O)(=O)n3cnc4c(N)ncnc43)cccc12. The number of benzene rings is 2. The summed E-state index contributed by atoms with van der Waals surface area (Å²) in [5.41, 5.74) is 7.11. The van der Waals surface area contributed by atoms with Crippen molar-refractivity contribution in [2.45, 2.75) is 4.90 Å². The van der Waals surface area contributed by atoms with Gasteiger partial charge in [-0.25, -0.2) is 27.3 Å². The molecule has 0 saturated carbocycles. The van der Waals surface area contributed by atoms with Crippen molar-refractivity contribution in [3.8, 4) is 0 Å². The maximum Gasteiger partial charge on any atom is 0.271 e. The van der Waals surface area contributed by atoms with Crippen LogP contribution in [-0.4, -0.2) is 41.4 Å². The molecule has 2 aromatic heterocycles. The predicted octanol–water partition coefficient (Wildman–Crippen LogP) is 1.86. The summed E-state index contributed by atoms with van der Waals surface area (Å²) in [6.07, 6.45) is 2.43. The van der Waals surface area contributed by atoms with Gasteiger partial charge in [-0.05, 0) is 12.1 Å². The van der Waals surface area contributed by atoms with E-state index in [0.29, 0.717) is 5.39 Å². The van der Waals surface area contributed by atoms with Gasteiger partial charge in [0.1, 0.15) is 12.7 Å². The average Bonchev–Trinajstić information content (AvgIpc) is 3.07. The number of anilines is 2. The Labute approximate surface area is 150 Å². The lowest BCUT2D eigenvalue weighted by Gasteiger charge is -2.17. The number of aromatic nitrogens is 4. The third-order valence-corrected chi connectivity index (χ3v) is 5.91. The lowest BCUT2D eigenvalue weighted by atomic mass is 10.1. The first kappa shape index (κ1) is 16.3. The summed E-state index contributed by atoms with van der Waals surface area (Å²) in [6.45, 7) is 0. The lowest BCUT2D eigenvalue weighted by Crippen LogP contribution is -2.14. The average molecular weight is 368 g/mol. The molecule has 0 bridgehead atoms. The first-order valence-corrected chi connectivity index (χ1v) is 9.23. The molecule has 4 aromatic rings. The Bertz CT molecular complexity index is 1250. The summed E-state index contributed by atoms with van der Waals surface area (Å²) < 4.78 is 27.7. The topological polar surface area (TPSA) is 107 Å². The van der Waals surface area contributed by atoms with Gasteiger partial charge in [0.2, 0.25) is 0 Å². The Morgan fingerprint density at radius 1 is 1.00 bits per heavy atom. The minimum atomic E-state index is -3.92. The second kappa shape index (κ2) is 5.67. The Morgan fingerprint density at radius 3 is 2.50 bits per heavy atom. The van der Waals surface area contributed by atoms with Crippen LogP contribution in [0, 0.1) is 0 Å². The third-order valence-electron chi connectivity index (χ3n) is 4.21. The highest BCUT2D eigenvalue weighted by molar-refractivity contribution is 7.90. The fourth-order valence-electron chi connectivity index (χ4n) is 2.99. The van der Waals surface area contributed by atoms with Gasteiger partial charge in [0.25, 0.3) is 10.0 Å². The van der Waals surface area contributed by atoms with E-state index in [1.165, 1.54) is 12.7 Å². The van der Waals surface area contributed by atoms with Gasteiger partial charge in [-0.2, -0.15) is 0 Å². The van der Waals surface area contributed by atoms with Crippen LogP contribution in [0.3, 0.4) is 0 Å². The molecule has 0 unspecified atom stereocenters. The molecule has 2 aromatic carbocycles. The second-order valence-corrected chi connectivity index (χ2v) is 7.78. The molecule has 0 aliphatic carbocycles. The Kier molecular flexibility index (Phi) is 3.55. The summed E-state index contributed by atoms with van der Waals surface area (Å²) in [6, 6.07) is 10.8. The molecule has 132 valence electrons. The highest BCUT2D eigenvalue weighted by Gasteiger charge is 2.24. The van der Waals surface area contributed by atoms with Gasteiger partial charge in [0.15, 0.2) is 17.0 Å². The van der Waals surface area contributed by atoms with E-state index in [9.17, 15) is 8.42 Å². The van der Waals surface area contributed by atoms with Crippen LogP contribution in [0.15, 0.2) is 53.9 Å². The molecule has 4 rings (SSSR count). The number of nitrogen functional groups attached to an aromatic ring is 1. The summed E-state index contributed by atoms with van der Waals surface area (Å²) in [5, 5.41) is 1.47. The molecule has 2 N–H and O–H groups in total. The minimum absolute atomic E-state index is 0.136. The largest absolute Gasteiger partial charge is 0.382 e. The van der Waals surface area contributed by atoms with Gasteiger partial charge < -0.3 is 10.6 Å². The van der Waals surface area contributed by atoms with Gasteiger partial charge in [0.05, 0.1) is 4.90 Å². The van der Waals surface area contributed by atoms with E-state index in [2.05, 4.69) is 15.0 Å². The number of fused-ring (bicyclic) bond motifs is 2. The molecule has 2 heterocycles. The van der Waals surface area contributed by atoms with E-state index < -0.39 is 10.0 Å². The highest BCUT2D eigenvalue weighted by Crippen LogP contribution is 2.32. The fraction of sp³-hybridized carbons (Fsp3) is 0.118. The van der Waals surface area contributed by atoms with Crippen LogP contribution < -0.4 is 10.6 Å². The van der Waals surface area contributed by atoms with E-state index in [4.69, 9.17) is 5.73 Å². The summed E-state index contributed by atoms with van der Waals surface area (Å²) in [4.78, 5) is 14.1. The molecule has 8 nitrogen and oxygen atoms in total. The van der Waals surface area contributed by atoms with Gasteiger partial charge in [-0.3, -0.25) is 0 Å². The van der Waals surface area contributed by atoms with Gasteiger partial charge >= 0.3 is 0 Å². The molecule has 0 radical (unpaired) electrons. The number of hydrogen-bond acceptors (Lipinski definition) is 7. The van der Waals surface area contributed by atoms with Crippen LogP contribution in [-0.2, 0) is 10.0 Å². The maximum atomic E-state index is 13.3. The highest BCUT2D eigenvalue weighted by atomic mass is 32.2. The van der Waals surface area contributed by atoms with Crippen molar-refractivity contribution in [2.75, 3.05) is 24.7 Å². The van der Waals surface area contributed by atoms with Crippen molar-refractivity contribution in [1.29, 1.82) is 0 Å². The van der Waals surface area contributed by atoms with Crippen molar-refractivity contribution in [2.24, 2.45) is 0 Å². The first-order chi connectivity index (χ1) is 12.4. The molecule has 0 fully saturated rings. The Morgan fingerprint density at radius 2 is 1.73 bits per heavy atom. The van der Waals surface area contributed by atoms with Crippen LogP contribution in [0.5, 0.6) is 0 Å². The predicted molar refractivity (Wildman–Crippen MR) is 101 cm³/mol. The van der Waals surface area contributed by atoms with E-state index >= 15 is 0 Å². The Balaban J connectivity index is 2.02. The van der Waals surface area contributed by atoms with Gasteiger partial charge in [0, 0.05) is 30.6 Å². The van der Waals surface area contributed by atoms with Gasteiger partial charge in [-0.15, -0.1) is 0 Å². The zero-order valence-electron chi connectivity index (χ0n) is 14.2. The van der Waals surface area contributed by atoms with E-state index in [-0.39, 0.29) is 21.9 Å². The summed E-state index contributed by atoms with van der Waals surface area (Å²) in [5.74, 6) is 0.136. The van der Waals surface area contributed by atoms with Crippen molar-refractivity contribution in [1.82, 2.24) is 18.9 Å². The quantitative estimate of drug-likeness (QED) is 0.588. The molecule has 0 aliphatic rings. The normalized spacial score (nSPS) is 11.9. The van der Waals surface area contributed by atoms with E-state index in [1.54, 1.807) is 18.2 Å². The van der Waals surface area contributed by atoms with Crippen molar-refractivity contribution in [3.05, 3.63) is 49.1 Å². The monoisotopic (exact) mass is 368 g/mol.